The third-order valence-electron chi connectivity index (χ3n) is 4.46. The zero-order chi connectivity index (χ0) is 16.2. The van der Waals surface area contributed by atoms with Crippen LogP contribution in [0.15, 0.2) is 60.7 Å². The van der Waals surface area contributed by atoms with Gasteiger partial charge in [0.2, 0.25) is 0 Å². The van der Waals surface area contributed by atoms with Crippen molar-refractivity contribution in [1.29, 1.82) is 0 Å². The lowest BCUT2D eigenvalue weighted by molar-refractivity contribution is -0.117. The van der Waals surface area contributed by atoms with Crippen LogP contribution in [-0.4, -0.2) is 18.9 Å². The second-order valence-corrected chi connectivity index (χ2v) is 10.5. The molecular weight excluding hydrogens is 288 g/mol. The first-order valence-electron chi connectivity index (χ1n) is 7.71. The molecule has 0 atom stereocenters. The maximum Gasteiger partial charge on any atom is 0.258 e. The smallest absolute Gasteiger partial charge is 0.258 e. The van der Waals surface area contributed by atoms with E-state index >= 15 is 0 Å². The SMILES string of the molecule is CC(=O)CCC(C)(C)[Si](O)(c1ccccc1)c1ccccc1. The van der Waals surface area contributed by atoms with E-state index in [1.54, 1.807) is 6.92 Å². The predicted octanol–water partition coefficient (Wildman–Crippen LogP) is 2.89. The fourth-order valence-electron chi connectivity index (χ4n) is 2.98. The standard InChI is InChI=1S/C19H24O2Si/c1-16(20)14-15-19(2,3)22(21,17-10-6-4-7-11-17)18-12-8-5-9-13-18/h4-13,21H,14-15H2,1-3H3. The Bertz CT molecular complexity index is 581. The van der Waals surface area contributed by atoms with Gasteiger partial charge in [-0.3, -0.25) is 0 Å². The van der Waals surface area contributed by atoms with Crippen LogP contribution in [0.25, 0.3) is 0 Å². The number of ketones is 1. The minimum Gasteiger partial charge on any atom is -0.424 e. The predicted molar refractivity (Wildman–Crippen MR) is 94.1 cm³/mol. The molecule has 0 amide bonds. The molecule has 0 aromatic heterocycles. The molecule has 0 radical (unpaired) electrons. The lowest BCUT2D eigenvalue weighted by Crippen LogP contribution is -2.65. The fourth-order valence-corrected chi connectivity index (χ4v) is 6.71. The van der Waals surface area contributed by atoms with Crippen LogP contribution in [0.3, 0.4) is 0 Å². The van der Waals surface area contributed by atoms with Crippen molar-refractivity contribution in [2.24, 2.45) is 0 Å². The lowest BCUT2D eigenvalue weighted by Gasteiger charge is -2.41. The number of hydrogen-bond acceptors (Lipinski definition) is 2. The van der Waals surface area contributed by atoms with Crippen LogP contribution in [0.2, 0.25) is 5.04 Å². The van der Waals surface area contributed by atoms with Gasteiger partial charge in [0, 0.05) is 6.42 Å². The molecule has 0 saturated heterocycles. The Labute approximate surface area is 134 Å². The van der Waals surface area contributed by atoms with Crippen molar-refractivity contribution in [3.63, 3.8) is 0 Å². The number of benzene rings is 2. The number of carbonyl (C=O) groups excluding carboxylic acids is 1. The molecule has 2 aromatic rings. The summed E-state index contributed by atoms with van der Waals surface area (Å²) in [6.07, 6.45) is 1.19. The number of hydrogen-bond donors (Lipinski definition) is 1. The molecule has 2 nitrogen and oxygen atoms in total. The van der Waals surface area contributed by atoms with E-state index in [-0.39, 0.29) is 10.8 Å². The third-order valence-corrected chi connectivity index (χ3v) is 9.01. The molecule has 0 unspecified atom stereocenters. The molecule has 2 aromatic carbocycles. The molecule has 0 spiro atoms. The Morgan fingerprint density at radius 3 is 1.73 bits per heavy atom. The van der Waals surface area contributed by atoms with Gasteiger partial charge in [-0.2, -0.15) is 0 Å². The first-order chi connectivity index (χ1) is 10.4. The summed E-state index contributed by atoms with van der Waals surface area (Å²) in [5.74, 6) is 0.172. The first kappa shape index (κ1) is 16.7. The highest BCUT2D eigenvalue weighted by molar-refractivity contribution is 6.98. The summed E-state index contributed by atoms with van der Waals surface area (Å²) in [4.78, 5) is 23.2. The Hall–Kier alpha value is -1.71. The van der Waals surface area contributed by atoms with Gasteiger partial charge in [0.15, 0.2) is 0 Å². The van der Waals surface area contributed by atoms with Gasteiger partial charge in [0.25, 0.3) is 8.32 Å². The lowest BCUT2D eigenvalue weighted by atomic mass is 10.1. The van der Waals surface area contributed by atoms with Crippen molar-refractivity contribution in [1.82, 2.24) is 0 Å². The Morgan fingerprint density at radius 2 is 1.36 bits per heavy atom. The maximum atomic E-state index is 11.8. The van der Waals surface area contributed by atoms with Crippen molar-refractivity contribution in [2.45, 2.75) is 38.7 Å². The Morgan fingerprint density at radius 1 is 0.955 bits per heavy atom. The molecule has 116 valence electrons. The summed E-state index contributed by atoms with van der Waals surface area (Å²) < 4.78 is 0. The summed E-state index contributed by atoms with van der Waals surface area (Å²) in [5, 5.41) is 1.66. The molecule has 3 heteroatoms. The highest BCUT2D eigenvalue weighted by atomic mass is 28.4. The van der Waals surface area contributed by atoms with E-state index in [4.69, 9.17) is 0 Å². The highest BCUT2D eigenvalue weighted by Crippen LogP contribution is 2.39. The molecular formula is C19H24O2Si. The molecule has 0 aliphatic heterocycles. The van der Waals surface area contributed by atoms with Crippen LogP contribution in [0.1, 0.15) is 33.6 Å². The van der Waals surface area contributed by atoms with Crippen LogP contribution < -0.4 is 10.4 Å². The topological polar surface area (TPSA) is 37.3 Å². The van der Waals surface area contributed by atoms with E-state index in [0.29, 0.717) is 12.8 Å². The normalized spacial score (nSPS) is 12.2. The number of Topliss-reactive ketones (excluding diaryl/α,β-unsaturated/α-hetero) is 1. The monoisotopic (exact) mass is 312 g/mol. The van der Waals surface area contributed by atoms with E-state index in [1.165, 1.54) is 0 Å². The quantitative estimate of drug-likeness (QED) is 0.833. The van der Waals surface area contributed by atoms with E-state index in [9.17, 15) is 9.59 Å². The Kier molecular flexibility index (Phi) is 4.99. The van der Waals surface area contributed by atoms with Gasteiger partial charge in [-0.25, -0.2) is 0 Å². The third kappa shape index (κ3) is 3.21. The molecule has 0 heterocycles. The van der Waals surface area contributed by atoms with Gasteiger partial charge >= 0.3 is 0 Å². The van der Waals surface area contributed by atoms with Crippen molar-refractivity contribution < 1.29 is 9.59 Å². The number of rotatable bonds is 6. The highest BCUT2D eigenvalue weighted by Gasteiger charge is 2.49. The average molecular weight is 312 g/mol. The van der Waals surface area contributed by atoms with Crippen molar-refractivity contribution in [3.05, 3.63) is 60.7 Å². The molecule has 0 aliphatic carbocycles. The summed E-state index contributed by atoms with van der Waals surface area (Å²) >= 11 is 0. The zero-order valence-corrected chi connectivity index (χ0v) is 14.5. The van der Waals surface area contributed by atoms with Crippen LogP contribution in [0.4, 0.5) is 0 Å². The molecule has 1 N–H and O–H groups in total. The minimum atomic E-state index is -2.95. The summed E-state index contributed by atoms with van der Waals surface area (Å²) in [5.41, 5.74) is 0. The van der Waals surface area contributed by atoms with Gasteiger partial charge in [0.05, 0.1) is 0 Å². The maximum absolute atomic E-state index is 11.8. The van der Waals surface area contributed by atoms with Crippen molar-refractivity contribution in [3.8, 4) is 0 Å². The first-order valence-corrected chi connectivity index (χ1v) is 9.65. The van der Waals surface area contributed by atoms with Gasteiger partial charge in [-0.15, -0.1) is 0 Å². The second-order valence-electron chi connectivity index (χ2n) is 6.53. The Balaban J connectivity index is 2.53. The molecule has 0 saturated carbocycles. The van der Waals surface area contributed by atoms with E-state index < -0.39 is 8.32 Å². The van der Waals surface area contributed by atoms with Crippen LogP contribution in [0.5, 0.6) is 0 Å². The van der Waals surface area contributed by atoms with Crippen LogP contribution >= 0.6 is 0 Å². The number of carbonyl (C=O) groups is 1. The van der Waals surface area contributed by atoms with Gasteiger partial charge < -0.3 is 9.59 Å². The average Bonchev–Trinajstić information content (AvgIpc) is 2.54. The van der Waals surface area contributed by atoms with Gasteiger partial charge in [0.1, 0.15) is 5.78 Å². The second kappa shape index (κ2) is 6.59. The summed E-state index contributed by atoms with van der Waals surface area (Å²) in [6.45, 7) is 5.78. The van der Waals surface area contributed by atoms with Crippen molar-refractivity contribution in [2.75, 3.05) is 0 Å². The van der Waals surface area contributed by atoms with E-state index in [1.807, 2.05) is 60.7 Å². The molecule has 0 bridgehead atoms. The van der Waals surface area contributed by atoms with Crippen LogP contribution in [-0.2, 0) is 4.79 Å². The largest absolute Gasteiger partial charge is 0.424 e. The zero-order valence-electron chi connectivity index (χ0n) is 13.5. The fraction of sp³-hybridized carbons (Fsp3) is 0.316. The van der Waals surface area contributed by atoms with Gasteiger partial charge in [-0.1, -0.05) is 74.5 Å². The van der Waals surface area contributed by atoms with Crippen molar-refractivity contribution >= 4 is 24.5 Å². The summed E-state index contributed by atoms with van der Waals surface area (Å²) in [7, 11) is -2.95. The van der Waals surface area contributed by atoms with Gasteiger partial charge in [-0.05, 0) is 28.8 Å². The molecule has 0 fully saturated rings. The molecule has 22 heavy (non-hydrogen) atoms. The van der Waals surface area contributed by atoms with Crippen LogP contribution in [0, 0.1) is 0 Å². The van der Waals surface area contributed by atoms with E-state index in [2.05, 4.69) is 13.8 Å². The minimum absolute atomic E-state index is 0.172. The molecule has 2 rings (SSSR count). The molecule has 0 aliphatic rings. The summed E-state index contributed by atoms with van der Waals surface area (Å²) in [6, 6.07) is 19.8. The van der Waals surface area contributed by atoms with E-state index in [0.717, 1.165) is 10.4 Å².